The molecule has 0 aromatic heterocycles. The smallest absolute Gasteiger partial charge is 0.250 e. The Hall–Kier alpha value is -2.63. The summed E-state index contributed by atoms with van der Waals surface area (Å²) in [7, 11) is 0. The number of nitrogens with two attached hydrogens (primary N) is 2. The summed E-state index contributed by atoms with van der Waals surface area (Å²) < 4.78 is 32.2. The first-order valence-electron chi connectivity index (χ1n) is 5.74. The quantitative estimate of drug-likeness (QED) is 0.842. The van der Waals surface area contributed by atoms with Gasteiger partial charge in [0.25, 0.3) is 5.91 Å². The summed E-state index contributed by atoms with van der Waals surface area (Å²) in [5, 5.41) is 0. The van der Waals surface area contributed by atoms with E-state index in [1.165, 1.54) is 18.2 Å². The molecule has 0 aliphatic heterocycles. The number of hydrogen-bond donors (Lipinski definition) is 2. The van der Waals surface area contributed by atoms with E-state index < -0.39 is 17.5 Å². The minimum Gasteiger partial charge on any atom is -0.486 e. The van der Waals surface area contributed by atoms with E-state index in [1.807, 2.05) is 0 Å². The summed E-state index contributed by atoms with van der Waals surface area (Å²) in [6.07, 6.45) is 0. The Morgan fingerprint density at radius 2 is 1.85 bits per heavy atom. The summed E-state index contributed by atoms with van der Waals surface area (Å²) in [5.74, 6) is -2.21. The van der Waals surface area contributed by atoms with Crippen molar-refractivity contribution in [2.24, 2.45) is 5.73 Å². The summed E-state index contributed by atoms with van der Waals surface area (Å²) in [4.78, 5) is 11.1. The molecule has 6 heteroatoms. The molecule has 0 fully saturated rings. The Balaban J connectivity index is 2.24. The number of amides is 1. The Bertz CT molecular complexity index is 660. The van der Waals surface area contributed by atoms with Crippen molar-refractivity contribution in [3.05, 3.63) is 59.2 Å². The van der Waals surface area contributed by atoms with Gasteiger partial charge in [-0.25, -0.2) is 8.78 Å². The number of benzene rings is 2. The number of nitrogen functional groups attached to an aromatic ring is 1. The second-order valence-electron chi connectivity index (χ2n) is 4.11. The second-order valence-corrected chi connectivity index (χ2v) is 4.11. The lowest BCUT2D eigenvalue weighted by Crippen LogP contribution is -2.14. The molecule has 0 aliphatic rings. The van der Waals surface area contributed by atoms with E-state index in [4.69, 9.17) is 16.2 Å². The normalized spacial score (nSPS) is 10.3. The van der Waals surface area contributed by atoms with Gasteiger partial charge in [-0.2, -0.15) is 0 Å². The maximum absolute atomic E-state index is 13.6. The highest BCUT2D eigenvalue weighted by Gasteiger charge is 2.13. The molecule has 2 aromatic carbocycles. The van der Waals surface area contributed by atoms with Crippen molar-refractivity contribution >= 4 is 11.6 Å². The van der Waals surface area contributed by atoms with Gasteiger partial charge >= 0.3 is 0 Å². The van der Waals surface area contributed by atoms with Gasteiger partial charge in [-0.1, -0.05) is 18.2 Å². The molecule has 104 valence electrons. The number of anilines is 1. The van der Waals surface area contributed by atoms with Gasteiger partial charge in [0.1, 0.15) is 12.4 Å². The highest BCUT2D eigenvalue weighted by molar-refractivity contribution is 5.98. The molecule has 2 aromatic rings. The van der Waals surface area contributed by atoms with Crippen molar-refractivity contribution in [1.29, 1.82) is 0 Å². The summed E-state index contributed by atoms with van der Waals surface area (Å²) in [6, 6.07) is 8.00. The van der Waals surface area contributed by atoms with E-state index in [1.54, 1.807) is 6.07 Å². The molecular weight excluding hydrogens is 266 g/mol. The van der Waals surface area contributed by atoms with Crippen LogP contribution in [0.2, 0.25) is 0 Å². The van der Waals surface area contributed by atoms with Crippen LogP contribution in [-0.4, -0.2) is 5.91 Å². The van der Waals surface area contributed by atoms with Crippen LogP contribution < -0.4 is 16.2 Å². The molecule has 0 atom stereocenters. The van der Waals surface area contributed by atoms with Gasteiger partial charge in [0.2, 0.25) is 0 Å². The van der Waals surface area contributed by atoms with Crippen LogP contribution in [-0.2, 0) is 6.61 Å². The fourth-order valence-electron chi connectivity index (χ4n) is 1.66. The number of carbonyl (C=O) groups is 1. The van der Waals surface area contributed by atoms with Crippen LogP contribution in [0.3, 0.4) is 0 Å². The lowest BCUT2D eigenvalue weighted by Gasteiger charge is -2.10. The van der Waals surface area contributed by atoms with Gasteiger partial charge in [0.05, 0.1) is 5.56 Å². The zero-order chi connectivity index (χ0) is 14.7. The molecule has 2 rings (SSSR count). The Morgan fingerprint density at radius 3 is 2.50 bits per heavy atom. The van der Waals surface area contributed by atoms with Crippen LogP contribution in [0.1, 0.15) is 15.9 Å². The van der Waals surface area contributed by atoms with Crippen molar-refractivity contribution in [3.63, 3.8) is 0 Å². The Kier molecular flexibility index (Phi) is 3.84. The molecular formula is C14H12F2N2O2. The first-order chi connectivity index (χ1) is 9.49. The van der Waals surface area contributed by atoms with Crippen molar-refractivity contribution in [1.82, 2.24) is 0 Å². The minimum atomic E-state index is -0.793. The van der Waals surface area contributed by atoms with Gasteiger partial charge in [0, 0.05) is 17.3 Å². The second kappa shape index (κ2) is 5.56. The van der Waals surface area contributed by atoms with E-state index in [0.717, 1.165) is 12.1 Å². The molecule has 0 aliphatic carbocycles. The summed E-state index contributed by atoms with van der Waals surface area (Å²) >= 11 is 0. The van der Waals surface area contributed by atoms with Gasteiger partial charge < -0.3 is 16.2 Å². The standard InChI is InChI=1S/C14H12F2N2O2/c15-10-4-2-1-3-8(10)7-20-13-5-9(14(18)19)12(17)6-11(13)16/h1-6H,7,17H2,(H2,18,19). The fourth-order valence-corrected chi connectivity index (χ4v) is 1.66. The van der Waals surface area contributed by atoms with E-state index in [-0.39, 0.29) is 29.2 Å². The third kappa shape index (κ3) is 2.85. The molecule has 0 saturated carbocycles. The average molecular weight is 278 g/mol. The topological polar surface area (TPSA) is 78.3 Å². The van der Waals surface area contributed by atoms with Crippen LogP contribution in [0.4, 0.5) is 14.5 Å². The highest BCUT2D eigenvalue weighted by atomic mass is 19.1. The molecule has 20 heavy (non-hydrogen) atoms. The molecule has 0 saturated heterocycles. The first-order valence-corrected chi connectivity index (χ1v) is 5.74. The number of ether oxygens (including phenoxy) is 1. The first kappa shape index (κ1) is 13.8. The third-order valence-electron chi connectivity index (χ3n) is 2.71. The SMILES string of the molecule is NC(=O)c1cc(OCc2ccccc2F)c(F)cc1N. The van der Waals surface area contributed by atoms with Crippen molar-refractivity contribution in [2.45, 2.75) is 6.61 Å². The molecule has 0 spiro atoms. The minimum absolute atomic E-state index is 0.0464. The summed E-state index contributed by atoms with van der Waals surface area (Å²) in [5.41, 5.74) is 10.7. The molecule has 4 N–H and O–H groups in total. The van der Waals surface area contributed by atoms with Crippen molar-refractivity contribution in [3.8, 4) is 5.75 Å². The zero-order valence-corrected chi connectivity index (χ0v) is 10.4. The fraction of sp³-hybridized carbons (Fsp3) is 0.0714. The molecule has 0 unspecified atom stereocenters. The van der Waals surface area contributed by atoms with Crippen LogP contribution >= 0.6 is 0 Å². The number of halogens is 2. The van der Waals surface area contributed by atoms with E-state index >= 15 is 0 Å². The van der Waals surface area contributed by atoms with Gasteiger partial charge in [-0.3, -0.25) is 4.79 Å². The monoisotopic (exact) mass is 278 g/mol. The average Bonchev–Trinajstić information content (AvgIpc) is 2.39. The third-order valence-corrected chi connectivity index (χ3v) is 2.71. The van der Waals surface area contributed by atoms with E-state index in [0.29, 0.717) is 0 Å². The maximum atomic E-state index is 13.6. The highest BCUT2D eigenvalue weighted by Crippen LogP contribution is 2.25. The Labute approximate surface area is 114 Å². The zero-order valence-electron chi connectivity index (χ0n) is 10.4. The molecule has 0 bridgehead atoms. The van der Waals surface area contributed by atoms with E-state index in [9.17, 15) is 13.6 Å². The van der Waals surface area contributed by atoms with Crippen LogP contribution in [0.15, 0.2) is 36.4 Å². The lowest BCUT2D eigenvalue weighted by molar-refractivity contribution is 0.100. The molecule has 1 amide bonds. The van der Waals surface area contributed by atoms with Crippen molar-refractivity contribution in [2.75, 3.05) is 5.73 Å². The molecule has 0 radical (unpaired) electrons. The predicted octanol–water partition coefficient (Wildman–Crippen LogP) is 2.22. The largest absolute Gasteiger partial charge is 0.486 e. The van der Waals surface area contributed by atoms with Crippen LogP contribution in [0.25, 0.3) is 0 Å². The maximum Gasteiger partial charge on any atom is 0.250 e. The van der Waals surface area contributed by atoms with Gasteiger partial charge in [-0.05, 0) is 12.1 Å². The summed E-state index contributed by atoms with van der Waals surface area (Å²) in [6.45, 7) is -0.175. The van der Waals surface area contributed by atoms with Gasteiger partial charge in [-0.15, -0.1) is 0 Å². The predicted molar refractivity (Wildman–Crippen MR) is 70.1 cm³/mol. The number of hydrogen-bond acceptors (Lipinski definition) is 3. The molecule has 0 heterocycles. The van der Waals surface area contributed by atoms with Crippen molar-refractivity contribution < 1.29 is 18.3 Å². The lowest BCUT2D eigenvalue weighted by atomic mass is 10.1. The number of rotatable bonds is 4. The van der Waals surface area contributed by atoms with Crippen LogP contribution in [0.5, 0.6) is 5.75 Å². The van der Waals surface area contributed by atoms with Gasteiger partial charge in [0.15, 0.2) is 11.6 Å². The molecule has 4 nitrogen and oxygen atoms in total. The van der Waals surface area contributed by atoms with Crippen LogP contribution in [0, 0.1) is 11.6 Å². The number of carbonyl (C=O) groups excluding carboxylic acids is 1. The number of primary amides is 1. The Morgan fingerprint density at radius 1 is 1.15 bits per heavy atom. The van der Waals surface area contributed by atoms with E-state index in [2.05, 4.69) is 0 Å².